The first-order chi connectivity index (χ1) is 6.74. The van der Waals surface area contributed by atoms with E-state index in [1.165, 1.54) is 8.27 Å². The third-order valence-electron chi connectivity index (χ3n) is 2.10. The quantitative estimate of drug-likeness (QED) is 0.649. The van der Waals surface area contributed by atoms with Crippen LogP contribution in [0.4, 0.5) is 5.69 Å². The van der Waals surface area contributed by atoms with Crippen LogP contribution in [0.15, 0.2) is 17.5 Å². The highest BCUT2D eigenvalue weighted by Gasteiger charge is 2.08. The first-order valence-corrected chi connectivity index (χ1v) is 6.01. The number of nitrogen functional groups attached to an aromatic ring is 1. The van der Waals surface area contributed by atoms with E-state index in [9.17, 15) is 0 Å². The molecule has 0 aliphatic carbocycles. The Balaban J connectivity index is 2.74. The molecular weight excluding hydrogens is 307 g/mol. The summed E-state index contributed by atoms with van der Waals surface area (Å²) >= 11 is 3.96. The average Bonchev–Trinajstić information content (AvgIpc) is 2.54. The van der Waals surface area contributed by atoms with E-state index >= 15 is 0 Å². The number of benzene rings is 1. The van der Waals surface area contributed by atoms with E-state index in [1.807, 2.05) is 12.1 Å². The van der Waals surface area contributed by atoms with Crippen LogP contribution in [-0.2, 0) is 6.42 Å². The Morgan fingerprint density at radius 3 is 3.00 bits per heavy atom. The molecule has 0 unspecified atom stereocenters. The summed E-state index contributed by atoms with van der Waals surface area (Å²) in [6.07, 6.45) is 0.383. The van der Waals surface area contributed by atoms with Gasteiger partial charge in [-0.25, -0.2) is 0 Å². The topological polar surface area (TPSA) is 49.8 Å². The van der Waals surface area contributed by atoms with E-state index < -0.39 is 0 Å². The van der Waals surface area contributed by atoms with E-state index in [0.29, 0.717) is 6.42 Å². The van der Waals surface area contributed by atoms with Gasteiger partial charge in [0.25, 0.3) is 0 Å². The van der Waals surface area contributed by atoms with E-state index in [2.05, 4.69) is 34.0 Å². The van der Waals surface area contributed by atoms with Crippen molar-refractivity contribution in [2.75, 3.05) is 5.73 Å². The highest BCUT2D eigenvalue weighted by atomic mass is 127. The van der Waals surface area contributed by atoms with Crippen molar-refractivity contribution in [1.29, 1.82) is 5.26 Å². The summed E-state index contributed by atoms with van der Waals surface area (Å²) in [6.45, 7) is 0. The molecule has 0 aliphatic rings. The molecule has 1 heterocycles. The minimum absolute atomic E-state index is 0.383. The lowest BCUT2D eigenvalue weighted by molar-refractivity contribution is 1.28. The zero-order valence-corrected chi connectivity index (χ0v) is 10.2. The number of hydrogen-bond acceptors (Lipinski definition) is 3. The smallest absolute Gasteiger partial charge is 0.0670 e. The van der Waals surface area contributed by atoms with Crippen LogP contribution >= 0.6 is 33.9 Å². The lowest BCUT2D eigenvalue weighted by Gasteiger charge is -2.03. The monoisotopic (exact) mass is 314 g/mol. The third-order valence-corrected chi connectivity index (χ3v) is 4.32. The number of nitrogens with two attached hydrogens (primary N) is 1. The van der Waals surface area contributed by atoms with Crippen molar-refractivity contribution in [2.24, 2.45) is 0 Å². The summed E-state index contributed by atoms with van der Waals surface area (Å²) in [5, 5.41) is 11.8. The Kier molecular flexibility index (Phi) is 2.61. The molecule has 2 N–H and O–H groups in total. The summed E-state index contributed by atoms with van der Waals surface area (Å²) in [4.78, 5) is 0. The van der Waals surface area contributed by atoms with Crippen LogP contribution in [0.2, 0.25) is 0 Å². The van der Waals surface area contributed by atoms with E-state index in [0.717, 1.165) is 16.6 Å². The van der Waals surface area contributed by atoms with Crippen LogP contribution < -0.4 is 5.73 Å². The minimum Gasteiger partial charge on any atom is -0.398 e. The molecule has 1 aromatic carbocycles. The summed E-state index contributed by atoms with van der Waals surface area (Å²) in [5.74, 6) is 0. The molecule has 1 aromatic heterocycles. The number of fused-ring (bicyclic) bond motifs is 1. The molecule has 0 bridgehead atoms. The highest BCUT2D eigenvalue weighted by Crippen LogP contribution is 2.33. The SMILES string of the molecule is N#CCc1ccc2scc(I)c2c1N. The van der Waals surface area contributed by atoms with Gasteiger partial charge in [0, 0.05) is 24.7 Å². The number of rotatable bonds is 1. The molecule has 4 heteroatoms. The second-order valence-corrected chi connectivity index (χ2v) is 5.00. The number of anilines is 1. The van der Waals surface area contributed by atoms with Gasteiger partial charge in [-0.05, 0) is 34.2 Å². The van der Waals surface area contributed by atoms with Crippen molar-refractivity contribution in [3.05, 3.63) is 26.6 Å². The molecule has 2 rings (SSSR count). The molecule has 0 aliphatic heterocycles. The number of hydrogen-bond donors (Lipinski definition) is 1. The van der Waals surface area contributed by atoms with Gasteiger partial charge >= 0.3 is 0 Å². The van der Waals surface area contributed by atoms with Crippen LogP contribution in [0.5, 0.6) is 0 Å². The van der Waals surface area contributed by atoms with E-state index in [-0.39, 0.29) is 0 Å². The molecule has 0 fully saturated rings. The van der Waals surface area contributed by atoms with Gasteiger partial charge in [-0.1, -0.05) is 6.07 Å². The normalized spacial score (nSPS) is 10.3. The lowest BCUT2D eigenvalue weighted by atomic mass is 10.1. The molecule has 14 heavy (non-hydrogen) atoms. The lowest BCUT2D eigenvalue weighted by Crippen LogP contribution is -1.94. The van der Waals surface area contributed by atoms with Crippen molar-refractivity contribution in [3.63, 3.8) is 0 Å². The molecular formula is C10H7IN2S. The summed E-state index contributed by atoms with van der Waals surface area (Å²) in [7, 11) is 0. The minimum atomic E-state index is 0.383. The van der Waals surface area contributed by atoms with Crippen LogP contribution in [0.1, 0.15) is 5.56 Å². The van der Waals surface area contributed by atoms with Gasteiger partial charge in [0.2, 0.25) is 0 Å². The Labute approximate surface area is 99.5 Å². The number of nitriles is 1. The third kappa shape index (κ3) is 1.47. The first kappa shape index (κ1) is 9.74. The average molecular weight is 314 g/mol. The molecule has 0 radical (unpaired) electrons. The number of thiophene rings is 1. The molecule has 0 spiro atoms. The Bertz CT molecular complexity index is 525. The van der Waals surface area contributed by atoms with Gasteiger partial charge in [-0.3, -0.25) is 0 Å². The Morgan fingerprint density at radius 2 is 2.29 bits per heavy atom. The van der Waals surface area contributed by atoms with Crippen LogP contribution in [-0.4, -0.2) is 0 Å². The largest absolute Gasteiger partial charge is 0.398 e. The second-order valence-electron chi connectivity index (χ2n) is 2.93. The standard InChI is InChI=1S/C10H7IN2S/c11-7-5-14-8-2-1-6(3-4-12)10(13)9(7)8/h1-2,5H,3,13H2. The van der Waals surface area contributed by atoms with Crippen LogP contribution in [0.3, 0.4) is 0 Å². The zero-order chi connectivity index (χ0) is 10.1. The molecule has 0 saturated heterocycles. The maximum atomic E-state index is 8.63. The van der Waals surface area contributed by atoms with E-state index in [4.69, 9.17) is 11.0 Å². The molecule has 2 nitrogen and oxygen atoms in total. The molecule has 70 valence electrons. The van der Waals surface area contributed by atoms with Crippen molar-refractivity contribution >= 4 is 49.7 Å². The van der Waals surface area contributed by atoms with Gasteiger partial charge in [-0.2, -0.15) is 5.26 Å². The predicted molar refractivity (Wildman–Crippen MR) is 68.3 cm³/mol. The van der Waals surface area contributed by atoms with Crippen LogP contribution in [0.25, 0.3) is 10.1 Å². The summed E-state index contributed by atoms with van der Waals surface area (Å²) in [6, 6.07) is 6.09. The molecule has 2 aromatic rings. The zero-order valence-electron chi connectivity index (χ0n) is 7.25. The molecule has 0 atom stereocenters. The van der Waals surface area contributed by atoms with Gasteiger partial charge in [0.15, 0.2) is 0 Å². The van der Waals surface area contributed by atoms with Crippen molar-refractivity contribution in [1.82, 2.24) is 0 Å². The fraction of sp³-hybridized carbons (Fsp3) is 0.100. The van der Waals surface area contributed by atoms with Crippen molar-refractivity contribution < 1.29 is 0 Å². The summed E-state index contributed by atoms with van der Waals surface area (Å²) in [5.41, 5.74) is 7.69. The number of halogens is 1. The van der Waals surface area contributed by atoms with Gasteiger partial charge in [0.1, 0.15) is 0 Å². The number of nitrogens with zero attached hydrogens (tertiary/aromatic N) is 1. The van der Waals surface area contributed by atoms with Crippen molar-refractivity contribution in [3.8, 4) is 6.07 Å². The predicted octanol–water partition coefficient (Wildman–Crippen LogP) is 3.15. The van der Waals surface area contributed by atoms with Gasteiger partial charge < -0.3 is 5.73 Å². The second kappa shape index (κ2) is 3.75. The van der Waals surface area contributed by atoms with Crippen molar-refractivity contribution in [2.45, 2.75) is 6.42 Å². The van der Waals surface area contributed by atoms with Crippen LogP contribution in [0, 0.1) is 14.9 Å². The maximum absolute atomic E-state index is 8.63. The summed E-state index contributed by atoms with van der Waals surface area (Å²) < 4.78 is 2.36. The molecule has 0 saturated carbocycles. The Morgan fingerprint density at radius 1 is 1.50 bits per heavy atom. The van der Waals surface area contributed by atoms with Gasteiger partial charge in [-0.15, -0.1) is 11.3 Å². The van der Waals surface area contributed by atoms with E-state index in [1.54, 1.807) is 11.3 Å². The molecule has 0 amide bonds. The fourth-order valence-corrected chi connectivity index (χ4v) is 3.38. The first-order valence-electron chi connectivity index (χ1n) is 4.05. The fourth-order valence-electron chi connectivity index (χ4n) is 1.40. The Hall–Kier alpha value is -0.800. The maximum Gasteiger partial charge on any atom is 0.0670 e. The van der Waals surface area contributed by atoms with Gasteiger partial charge in [0.05, 0.1) is 12.5 Å². The highest BCUT2D eigenvalue weighted by molar-refractivity contribution is 14.1.